The first kappa shape index (κ1) is 42.5. The van der Waals surface area contributed by atoms with Crippen LogP contribution >= 0.6 is 0 Å². The first-order valence-corrected chi connectivity index (χ1v) is 22.0. The number of rotatable bonds is 6. The maximum absolute atomic E-state index is 10.7. The molecule has 12 atom stereocenters. The van der Waals surface area contributed by atoms with Crippen molar-refractivity contribution >= 4 is 7.52 Å². The minimum absolute atomic E-state index is 0.470. The fourth-order valence-corrected chi connectivity index (χ4v) is 12.4. The normalized spacial score (nSPS) is 39.9. The van der Waals surface area contributed by atoms with E-state index < -0.39 is 19.7 Å². The maximum Gasteiger partial charge on any atom is 0.328 e. The number of aliphatic hydroxyl groups is 2. The Hall–Kier alpha value is -1.65. The van der Waals surface area contributed by atoms with Crippen molar-refractivity contribution in [2.45, 2.75) is 177 Å². The lowest BCUT2D eigenvalue weighted by molar-refractivity contribution is 0.0960. The molecule has 53 heavy (non-hydrogen) atoms. The van der Waals surface area contributed by atoms with Gasteiger partial charge in [-0.25, -0.2) is 0 Å². The zero-order chi connectivity index (χ0) is 40.0. The van der Waals surface area contributed by atoms with E-state index in [9.17, 15) is 14.5 Å². The van der Waals surface area contributed by atoms with Crippen molar-refractivity contribution in [2.24, 2.45) is 58.2 Å². The summed E-state index contributed by atoms with van der Waals surface area (Å²) in [7, 11) is -1.42. The summed E-state index contributed by atoms with van der Waals surface area (Å²) in [5.74, 6) is 6.41. The van der Waals surface area contributed by atoms with Crippen molar-refractivity contribution in [2.75, 3.05) is 0 Å². The predicted molar refractivity (Wildman–Crippen MR) is 229 cm³/mol. The molecule has 0 amide bonds. The van der Waals surface area contributed by atoms with Crippen LogP contribution in [0.15, 0.2) is 70.9 Å². The molecular formula is C49H80BFO2. The Bertz CT molecular complexity index is 1270. The van der Waals surface area contributed by atoms with Gasteiger partial charge in [0.05, 0.1) is 12.2 Å². The number of hydrogen-bond acceptors (Lipinski definition) is 2. The molecule has 0 aromatic rings. The molecule has 2 N–H and O–H groups in total. The highest BCUT2D eigenvalue weighted by Gasteiger charge is 2.51. The second-order valence-corrected chi connectivity index (χ2v) is 19.1. The van der Waals surface area contributed by atoms with Gasteiger partial charge in [-0.3, -0.25) is 0 Å². The van der Waals surface area contributed by atoms with E-state index in [1.165, 1.54) is 102 Å². The van der Waals surface area contributed by atoms with Gasteiger partial charge in [0, 0.05) is 1.34 Å². The fourth-order valence-electron chi connectivity index (χ4n) is 12.4. The average Bonchev–Trinajstić information content (AvgIpc) is 3.67. The van der Waals surface area contributed by atoms with Gasteiger partial charge in [-0.05, 0) is 154 Å². The molecule has 0 aliphatic heterocycles. The summed E-state index contributed by atoms with van der Waals surface area (Å²) in [5.41, 5.74) is 9.27. The van der Waals surface area contributed by atoms with Gasteiger partial charge in [0.1, 0.15) is 0 Å². The van der Waals surface area contributed by atoms with Gasteiger partial charge in [0.2, 0.25) is 0 Å². The Morgan fingerprint density at radius 1 is 0.736 bits per heavy atom. The van der Waals surface area contributed by atoms with E-state index >= 15 is 0 Å². The molecule has 6 aliphatic rings. The first-order valence-electron chi connectivity index (χ1n) is 22.6. The second-order valence-electron chi connectivity index (χ2n) is 19.1. The second kappa shape index (κ2) is 19.5. The summed E-state index contributed by atoms with van der Waals surface area (Å²) in [6, 6.07) is 0. The van der Waals surface area contributed by atoms with Crippen LogP contribution in [0.1, 0.15) is 158 Å². The third kappa shape index (κ3) is 10.0. The molecule has 0 spiro atoms. The van der Waals surface area contributed by atoms with E-state index in [0.717, 1.165) is 41.1 Å². The maximum atomic E-state index is 10.7. The molecule has 2 nitrogen and oxygen atoms in total. The van der Waals surface area contributed by atoms with Crippen LogP contribution in [-0.4, -0.2) is 31.3 Å². The van der Waals surface area contributed by atoms with E-state index in [-0.39, 0.29) is 0 Å². The fraction of sp³-hybridized carbons (Fsp3) is 0.755. The van der Waals surface area contributed by atoms with E-state index in [0.29, 0.717) is 41.1 Å². The van der Waals surface area contributed by atoms with E-state index in [1.54, 1.807) is 16.7 Å². The summed E-state index contributed by atoms with van der Waals surface area (Å²) < 4.78 is 16.6. The summed E-state index contributed by atoms with van der Waals surface area (Å²) in [6.45, 7) is 28.8. The van der Waals surface area contributed by atoms with Crippen LogP contribution in [0.2, 0.25) is 6.82 Å². The molecule has 0 saturated heterocycles. The Labute approximate surface area is 328 Å². The van der Waals surface area contributed by atoms with Gasteiger partial charge < -0.3 is 14.5 Å². The van der Waals surface area contributed by atoms with Crippen LogP contribution in [0, 0.1) is 58.2 Å². The summed E-state index contributed by atoms with van der Waals surface area (Å²) in [6.07, 6.45) is 28.4. The highest BCUT2D eigenvalue weighted by molar-refractivity contribution is 6.23. The third-order valence-corrected chi connectivity index (χ3v) is 16.0. The lowest BCUT2D eigenvalue weighted by Crippen LogP contribution is -2.35. The first-order chi connectivity index (χ1) is 25.5. The molecule has 0 radical (unpaired) electrons. The van der Waals surface area contributed by atoms with E-state index in [2.05, 4.69) is 92.9 Å². The van der Waals surface area contributed by atoms with Crippen molar-refractivity contribution < 1.29 is 14.5 Å². The minimum atomic E-state index is -1.42. The van der Waals surface area contributed by atoms with Crippen molar-refractivity contribution in [3.05, 3.63) is 70.9 Å². The predicted octanol–water partition coefficient (Wildman–Crippen LogP) is 13.3. The molecule has 6 fully saturated rings. The Morgan fingerprint density at radius 2 is 1.11 bits per heavy atom. The molecule has 4 unspecified atom stereocenters. The number of fused-ring (bicyclic) bond motifs is 2. The van der Waals surface area contributed by atoms with Gasteiger partial charge in [-0.1, -0.05) is 140 Å². The molecule has 0 bridgehead atoms. The quantitative estimate of drug-likeness (QED) is 0.211. The summed E-state index contributed by atoms with van der Waals surface area (Å²) in [5, 5.41) is 20.1. The minimum Gasteiger partial charge on any atom is -0.388 e. The lowest BCUT2D eigenvalue weighted by Gasteiger charge is -2.44. The Balaban J connectivity index is 0.000000219. The molecule has 0 aromatic carbocycles. The molecule has 298 valence electrons. The zero-order valence-corrected chi connectivity index (χ0v) is 35.7. The lowest BCUT2D eigenvalue weighted by atomic mass is 9.61. The average molecular weight is 733 g/mol. The van der Waals surface area contributed by atoms with E-state index in [1.807, 2.05) is 0 Å². The van der Waals surface area contributed by atoms with Crippen LogP contribution < -0.4 is 0 Å². The Kier molecular flexibility index (Phi) is 15.6. The van der Waals surface area contributed by atoms with Crippen LogP contribution in [0.3, 0.4) is 0 Å². The zero-order valence-electron chi connectivity index (χ0n) is 36.7. The smallest absolute Gasteiger partial charge is 0.328 e. The van der Waals surface area contributed by atoms with Crippen LogP contribution in [0.5, 0.6) is 0 Å². The van der Waals surface area contributed by atoms with Gasteiger partial charge in [-0.2, -0.15) is 0 Å². The SMILES string of the molecule is C=C1[C@H](C)CC(=C/C=C2\CCC[C@@]3(C)C2CCC3[C@@H](C)CC)C[C@H]1C.C=C1[C@H](O)CC(=C/C=C2\CCC[C@@]3(C)C2CCC3[C@@H](C)CC)C[C@H]1O.[3H]B(C)F. The number of hydrogen-bond donors (Lipinski definition) is 2. The largest absolute Gasteiger partial charge is 0.388 e. The molecule has 6 rings (SSSR count). The van der Waals surface area contributed by atoms with Crippen LogP contribution in [0.25, 0.3) is 0 Å². The van der Waals surface area contributed by atoms with Gasteiger partial charge in [-0.15, -0.1) is 0 Å². The summed E-state index contributed by atoms with van der Waals surface area (Å²) in [4.78, 5) is 0. The molecule has 6 aliphatic carbocycles. The van der Waals surface area contributed by atoms with Crippen molar-refractivity contribution in [1.29, 1.82) is 1.34 Å². The van der Waals surface area contributed by atoms with Crippen molar-refractivity contribution in [1.82, 2.24) is 0 Å². The van der Waals surface area contributed by atoms with Crippen LogP contribution in [-0.2, 0) is 0 Å². The molecular weight excluding hydrogens is 650 g/mol. The highest BCUT2D eigenvalue weighted by Crippen LogP contribution is 2.61. The number of halogens is 1. The van der Waals surface area contributed by atoms with E-state index in [4.69, 9.17) is 1.34 Å². The topological polar surface area (TPSA) is 40.5 Å². The van der Waals surface area contributed by atoms with Gasteiger partial charge in [0.15, 0.2) is 0 Å². The number of allylic oxidation sites excluding steroid dienone is 8. The molecule has 0 heterocycles. The molecule has 4 heteroatoms. The van der Waals surface area contributed by atoms with Crippen LogP contribution in [0.4, 0.5) is 4.32 Å². The van der Waals surface area contributed by atoms with Gasteiger partial charge in [0.25, 0.3) is 0 Å². The summed E-state index contributed by atoms with van der Waals surface area (Å²) >= 11 is 0. The Morgan fingerprint density at radius 3 is 1.49 bits per heavy atom. The standard InChI is InChI=1S/C25H40.C23H36O2.CH4BF/c1-7-17(2)23-12-13-24-22(9-8-14-25(23,24)6)11-10-21-15-18(3)20(5)19(4)16-21;1-5-15(2)19-10-11-20-18(7-6-12-23(19,20)4)9-8-17-13-21(24)16(3)22(25)14-17;1-2-3/h10-11,17-19,23-24H,5,7-9,12-16H2,1-4,6H3;8-9,15,19-22,24-25H,3,5-7,10-14H2,1-2,4H3;2H,1H3/b22-11+;18-9+;/t17-,18+,19+,23?,24?,25+;15-,19?,20?,21+,22+,23+;/m00./s1/i;;2T. The molecule has 0 aromatic heterocycles. The third-order valence-electron chi connectivity index (χ3n) is 16.0. The number of aliphatic hydroxyl groups excluding tert-OH is 2. The van der Waals surface area contributed by atoms with Gasteiger partial charge >= 0.3 is 7.52 Å². The monoisotopic (exact) mass is 733 g/mol. The highest BCUT2D eigenvalue weighted by atomic mass is 19.1. The van der Waals surface area contributed by atoms with Crippen molar-refractivity contribution in [3.63, 3.8) is 0 Å². The molecule has 6 saturated carbocycles. The van der Waals surface area contributed by atoms with Crippen molar-refractivity contribution in [3.8, 4) is 0 Å².